The molecule has 0 saturated carbocycles. The van der Waals surface area contributed by atoms with E-state index in [1.54, 1.807) is 24.4 Å². The van der Waals surface area contributed by atoms with Crippen molar-refractivity contribution in [2.24, 2.45) is 0 Å². The number of para-hydroxylation sites is 2. The van der Waals surface area contributed by atoms with E-state index in [4.69, 9.17) is 4.42 Å². The van der Waals surface area contributed by atoms with E-state index in [1.165, 1.54) is 27.8 Å². The van der Waals surface area contributed by atoms with Crippen LogP contribution in [0.25, 0.3) is 28.0 Å². The third-order valence-corrected chi connectivity index (χ3v) is 4.78. The zero-order valence-corrected chi connectivity index (χ0v) is 16.0. The van der Waals surface area contributed by atoms with Crippen molar-refractivity contribution >= 4 is 16.7 Å². The molecular weight excluding hydrogens is 400 g/mol. The first-order chi connectivity index (χ1) is 15.1. The summed E-state index contributed by atoms with van der Waals surface area (Å²) in [6.07, 6.45) is 4.31. The number of hydrogen-bond donors (Lipinski definition) is 0. The highest BCUT2D eigenvalue weighted by atomic mass is 16.6. The molecule has 31 heavy (non-hydrogen) atoms. The molecule has 0 saturated heterocycles. The summed E-state index contributed by atoms with van der Waals surface area (Å²) in [6.45, 7) is 0.0886. The highest BCUT2D eigenvalue weighted by Gasteiger charge is 2.19. The van der Waals surface area contributed by atoms with Gasteiger partial charge in [-0.3, -0.25) is 19.5 Å². The molecule has 0 radical (unpaired) electrons. The number of fused-ring (bicyclic) bond motifs is 1. The van der Waals surface area contributed by atoms with Crippen LogP contribution in [0.5, 0.6) is 0 Å². The number of nitro benzene ring substituents is 1. The lowest BCUT2D eigenvalue weighted by molar-refractivity contribution is -0.384. The number of nitrogens with zero attached hydrogens (tertiary/aromatic N) is 6. The highest BCUT2D eigenvalue weighted by Crippen LogP contribution is 2.24. The van der Waals surface area contributed by atoms with E-state index in [2.05, 4.69) is 15.1 Å². The lowest BCUT2D eigenvalue weighted by Crippen LogP contribution is -2.21. The summed E-state index contributed by atoms with van der Waals surface area (Å²) in [5.74, 6) is 0.954. The van der Waals surface area contributed by atoms with Crippen molar-refractivity contribution in [3.8, 4) is 17.0 Å². The second-order valence-corrected chi connectivity index (χ2v) is 6.70. The third-order valence-electron chi connectivity index (χ3n) is 4.78. The standard InChI is InChI=1S/C21H14N6O4/c28-21-15-10-24-26(16-8-4-5-9-17(16)27(29)30)20(15)23-13-25(21)12-19-22-11-18(31-19)14-6-2-1-3-7-14/h1-11,13H,12H2. The SMILES string of the molecule is O=c1c2cnn(-c3ccccc3[N+](=O)[O-])c2ncn1Cc1ncc(-c2ccccc2)o1. The predicted octanol–water partition coefficient (Wildman–Crippen LogP) is 3.19. The number of rotatable bonds is 5. The third kappa shape index (κ3) is 3.25. The van der Waals surface area contributed by atoms with Gasteiger partial charge in [-0.2, -0.15) is 5.10 Å². The molecular formula is C21H14N6O4. The monoisotopic (exact) mass is 414 g/mol. The quantitative estimate of drug-likeness (QED) is 0.320. The summed E-state index contributed by atoms with van der Waals surface area (Å²) in [7, 11) is 0. The number of benzene rings is 2. The summed E-state index contributed by atoms with van der Waals surface area (Å²) < 4.78 is 8.41. The van der Waals surface area contributed by atoms with Crippen LogP contribution in [0.2, 0.25) is 0 Å². The van der Waals surface area contributed by atoms with Crippen LogP contribution in [0.4, 0.5) is 5.69 Å². The summed E-state index contributed by atoms with van der Waals surface area (Å²) in [6, 6.07) is 15.7. The van der Waals surface area contributed by atoms with Crippen molar-refractivity contribution in [3.63, 3.8) is 0 Å². The van der Waals surface area contributed by atoms with Gasteiger partial charge in [0.15, 0.2) is 11.4 Å². The molecule has 0 N–H and O–H groups in total. The molecule has 0 amide bonds. The van der Waals surface area contributed by atoms with Gasteiger partial charge in [-0.1, -0.05) is 42.5 Å². The molecule has 3 heterocycles. The Morgan fingerprint density at radius 3 is 2.58 bits per heavy atom. The Bertz CT molecular complexity index is 1470. The van der Waals surface area contributed by atoms with E-state index in [0.29, 0.717) is 11.7 Å². The van der Waals surface area contributed by atoms with Gasteiger partial charge in [0, 0.05) is 11.6 Å². The molecule has 0 atom stereocenters. The number of hydrogen-bond acceptors (Lipinski definition) is 7. The van der Waals surface area contributed by atoms with Gasteiger partial charge in [-0.25, -0.2) is 14.6 Å². The fourth-order valence-corrected chi connectivity index (χ4v) is 3.30. The summed E-state index contributed by atoms with van der Waals surface area (Å²) in [5.41, 5.74) is 0.856. The second-order valence-electron chi connectivity index (χ2n) is 6.70. The fourth-order valence-electron chi connectivity index (χ4n) is 3.30. The van der Waals surface area contributed by atoms with Gasteiger partial charge in [-0.05, 0) is 6.07 Å². The number of nitro groups is 1. The highest BCUT2D eigenvalue weighted by molar-refractivity contribution is 5.76. The van der Waals surface area contributed by atoms with Gasteiger partial charge in [0.05, 0.1) is 17.3 Å². The van der Waals surface area contributed by atoms with Crippen LogP contribution in [0.1, 0.15) is 5.89 Å². The molecule has 10 heteroatoms. The molecule has 0 aliphatic heterocycles. The van der Waals surface area contributed by atoms with E-state index in [-0.39, 0.29) is 34.5 Å². The Balaban J connectivity index is 1.51. The van der Waals surface area contributed by atoms with Gasteiger partial charge in [0.25, 0.3) is 11.2 Å². The van der Waals surface area contributed by atoms with Crippen LogP contribution in [-0.4, -0.2) is 29.2 Å². The first kappa shape index (κ1) is 18.4. The van der Waals surface area contributed by atoms with E-state index in [0.717, 1.165) is 5.56 Å². The van der Waals surface area contributed by atoms with Crippen LogP contribution >= 0.6 is 0 Å². The number of oxazole rings is 1. The minimum absolute atomic E-state index is 0.0886. The Morgan fingerprint density at radius 2 is 1.77 bits per heavy atom. The Morgan fingerprint density at radius 1 is 1.00 bits per heavy atom. The predicted molar refractivity (Wildman–Crippen MR) is 111 cm³/mol. The topological polar surface area (TPSA) is 122 Å². The zero-order chi connectivity index (χ0) is 21.4. The molecule has 5 rings (SSSR count). The van der Waals surface area contributed by atoms with E-state index in [9.17, 15) is 14.9 Å². The molecule has 0 fully saturated rings. The molecule has 3 aromatic heterocycles. The first-order valence-electron chi connectivity index (χ1n) is 9.29. The van der Waals surface area contributed by atoms with Crippen molar-refractivity contribution in [1.82, 2.24) is 24.3 Å². The molecule has 0 bridgehead atoms. The fraction of sp³-hybridized carbons (Fsp3) is 0.0476. The van der Waals surface area contributed by atoms with Gasteiger partial charge in [-0.15, -0.1) is 0 Å². The van der Waals surface area contributed by atoms with Crippen molar-refractivity contribution in [2.75, 3.05) is 0 Å². The van der Waals surface area contributed by atoms with Crippen molar-refractivity contribution in [3.05, 3.63) is 99.7 Å². The average molecular weight is 414 g/mol. The maximum absolute atomic E-state index is 12.9. The summed E-state index contributed by atoms with van der Waals surface area (Å²) >= 11 is 0. The molecule has 2 aromatic carbocycles. The smallest absolute Gasteiger partial charge is 0.294 e. The van der Waals surface area contributed by atoms with Crippen LogP contribution in [0.3, 0.4) is 0 Å². The molecule has 0 spiro atoms. The van der Waals surface area contributed by atoms with E-state index >= 15 is 0 Å². The van der Waals surface area contributed by atoms with Gasteiger partial charge in [0.1, 0.15) is 23.9 Å². The van der Waals surface area contributed by atoms with Crippen molar-refractivity contribution in [1.29, 1.82) is 0 Å². The first-order valence-corrected chi connectivity index (χ1v) is 9.29. The lowest BCUT2D eigenvalue weighted by atomic mass is 10.2. The minimum Gasteiger partial charge on any atom is -0.439 e. The maximum atomic E-state index is 12.9. The maximum Gasteiger partial charge on any atom is 0.294 e. The van der Waals surface area contributed by atoms with Crippen molar-refractivity contribution < 1.29 is 9.34 Å². The van der Waals surface area contributed by atoms with Crippen LogP contribution in [0, 0.1) is 10.1 Å². The minimum atomic E-state index is -0.503. The normalized spacial score (nSPS) is 11.1. The summed E-state index contributed by atoms with van der Waals surface area (Å²) in [5, 5.41) is 15.7. The van der Waals surface area contributed by atoms with E-state index in [1.807, 2.05) is 30.3 Å². The van der Waals surface area contributed by atoms with Crippen LogP contribution < -0.4 is 5.56 Å². The van der Waals surface area contributed by atoms with Gasteiger partial charge >= 0.3 is 0 Å². The van der Waals surface area contributed by atoms with Crippen LogP contribution in [0.15, 0.2) is 82.5 Å². The van der Waals surface area contributed by atoms with Gasteiger partial charge in [0.2, 0.25) is 5.89 Å². The largest absolute Gasteiger partial charge is 0.439 e. The second kappa shape index (κ2) is 7.34. The molecule has 5 aromatic rings. The van der Waals surface area contributed by atoms with Gasteiger partial charge < -0.3 is 4.42 Å². The van der Waals surface area contributed by atoms with Crippen molar-refractivity contribution in [2.45, 2.75) is 6.54 Å². The number of aromatic nitrogens is 5. The van der Waals surface area contributed by atoms with E-state index < -0.39 is 4.92 Å². The molecule has 0 aliphatic rings. The molecule has 0 aliphatic carbocycles. The molecule has 10 nitrogen and oxygen atoms in total. The zero-order valence-electron chi connectivity index (χ0n) is 16.0. The Hall–Kier alpha value is -4.60. The Labute approximate surface area is 174 Å². The molecule has 152 valence electrons. The van der Waals surface area contributed by atoms with Crippen LogP contribution in [-0.2, 0) is 6.54 Å². The average Bonchev–Trinajstić information content (AvgIpc) is 3.44. The Kier molecular flexibility index (Phi) is 4.36. The lowest BCUT2D eigenvalue weighted by Gasteiger charge is -2.05. The summed E-state index contributed by atoms with van der Waals surface area (Å²) in [4.78, 5) is 32.3. The molecule has 0 unspecified atom stereocenters.